The molecule has 4 atom stereocenters. The molecule has 0 radical (unpaired) electrons. The minimum atomic E-state index is -1.00. The van der Waals surface area contributed by atoms with E-state index in [9.17, 15) is 29.3 Å². The van der Waals surface area contributed by atoms with Crippen molar-refractivity contribution in [3.63, 3.8) is 0 Å². The van der Waals surface area contributed by atoms with Gasteiger partial charge in [-0.25, -0.2) is 4.79 Å². The standard InChI is InChI=1S/C23H18BrN3O7S/c1-23(11-24)17(22(31)34-10-12-6-8-13(9-7-12)27(32)33)26-20(30)16(21(26)35-23)25-18(28)14-4-2-3-5-15(14)19(25)29/h2-9,16-17,21H,10-11H2,1H3/t16-,17+,21-,23+/m1/s1. The van der Waals surface area contributed by atoms with Crippen LogP contribution in [0.2, 0.25) is 0 Å². The summed E-state index contributed by atoms with van der Waals surface area (Å²) in [6, 6.07) is 10.1. The molecule has 5 rings (SSSR count). The molecule has 2 fully saturated rings. The van der Waals surface area contributed by atoms with Gasteiger partial charge in [0.05, 0.1) is 20.8 Å². The number of nitrogens with zero attached hydrogens (tertiary/aromatic N) is 3. The van der Waals surface area contributed by atoms with Crippen LogP contribution in [0.4, 0.5) is 5.69 Å². The molecule has 2 aromatic rings. The van der Waals surface area contributed by atoms with Gasteiger partial charge in [0.1, 0.15) is 24.1 Å². The minimum absolute atomic E-state index is 0.0765. The van der Waals surface area contributed by atoms with E-state index in [1.54, 1.807) is 24.3 Å². The fraction of sp³-hybridized carbons (Fsp3) is 0.304. The number of rotatable bonds is 6. The third-order valence-electron chi connectivity index (χ3n) is 6.42. The van der Waals surface area contributed by atoms with Gasteiger partial charge < -0.3 is 9.64 Å². The number of imide groups is 1. The number of hydrogen-bond acceptors (Lipinski definition) is 8. The van der Waals surface area contributed by atoms with E-state index in [0.29, 0.717) is 10.9 Å². The molecule has 3 amide bonds. The second kappa shape index (κ2) is 8.45. The monoisotopic (exact) mass is 559 g/mol. The van der Waals surface area contributed by atoms with Gasteiger partial charge in [-0.1, -0.05) is 28.1 Å². The number of fused-ring (bicyclic) bond motifs is 2. The van der Waals surface area contributed by atoms with Gasteiger partial charge in [0.2, 0.25) is 0 Å². The fourth-order valence-corrected chi connectivity index (χ4v) is 6.98. The van der Waals surface area contributed by atoms with Gasteiger partial charge in [-0.3, -0.25) is 29.4 Å². The van der Waals surface area contributed by atoms with Crippen LogP contribution < -0.4 is 0 Å². The van der Waals surface area contributed by atoms with Gasteiger partial charge in [0.25, 0.3) is 23.4 Å². The Morgan fingerprint density at radius 2 is 1.71 bits per heavy atom. The van der Waals surface area contributed by atoms with Crippen LogP contribution in [0.3, 0.4) is 0 Å². The first-order chi connectivity index (χ1) is 16.7. The van der Waals surface area contributed by atoms with Gasteiger partial charge in [0.15, 0.2) is 0 Å². The van der Waals surface area contributed by atoms with Crippen LogP contribution in [-0.2, 0) is 20.9 Å². The number of alkyl halides is 1. The van der Waals surface area contributed by atoms with Gasteiger partial charge in [0, 0.05) is 17.5 Å². The molecule has 3 aliphatic heterocycles. The van der Waals surface area contributed by atoms with E-state index in [0.717, 1.165) is 4.90 Å². The topological polar surface area (TPSA) is 127 Å². The van der Waals surface area contributed by atoms with Crippen molar-refractivity contribution in [2.75, 3.05) is 5.33 Å². The molecule has 0 N–H and O–H groups in total. The fourth-order valence-electron chi connectivity index (χ4n) is 4.61. The van der Waals surface area contributed by atoms with Crippen molar-refractivity contribution in [3.8, 4) is 0 Å². The van der Waals surface area contributed by atoms with E-state index in [1.807, 2.05) is 6.92 Å². The van der Waals surface area contributed by atoms with Crippen molar-refractivity contribution in [1.82, 2.24) is 9.80 Å². The highest BCUT2D eigenvalue weighted by molar-refractivity contribution is 9.09. The maximum atomic E-state index is 13.2. The lowest BCUT2D eigenvalue weighted by atomic mass is 9.95. The van der Waals surface area contributed by atoms with Crippen LogP contribution in [-0.4, -0.2) is 65.9 Å². The molecule has 2 saturated heterocycles. The lowest BCUT2D eigenvalue weighted by molar-refractivity contribution is -0.384. The summed E-state index contributed by atoms with van der Waals surface area (Å²) in [4.78, 5) is 64.9. The molecule has 0 saturated carbocycles. The molecule has 3 heterocycles. The maximum absolute atomic E-state index is 13.2. The number of β-lactam (4-membered cyclic amide) rings is 1. The zero-order chi connectivity index (χ0) is 25.1. The lowest BCUT2D eigenvalue weighted by Gasteiger charge is -2.46. The van der Waals surface area contributed by atoms with Crippen molar-refractivity contribution in [1.29, 1.82) is 0 Å². The minimum Gasteiger partial charge on any atom is -0.459 e. The van der Waals surface area contributed by atoms with Crippen molar-refractivity contribution in [3.05, 3.63) is 75.3 Å². The Hall–Kier alpha value is -3.25. The first-order valence-corrected chi connectivity index (χ1v) is 12.6. The molecule has 3 aliphatic rings. The number of thioether (sulfide) groups is 1. The maximum Gasteiger partial charge on any atom is 0.330 e. The third kappa shape index (κ3) is 3.54. The number of nitro benzene ring substituents is 1. The number of ether oxygens (including phenoxy) is 1. The second-order valence-electron chi connectivity index (χ2n) is 8.60. The van der Waals surface area contributed by atoms with E-state index < -0.39 is 50.8 Å². The number of carbonyl (C=O) groups is 4. The average Bonchev–Trinajstić information content (AvgIpc) is 3.27. The first-order valence-electron chi connectivity index (χ1n) is 10.6. The predicted molar refractivity (Wildman–Crippen MR) is 128 cm³/mol. The highest BCUT2D eigenvalue weighted by atomic mass is 79.9. The summed E-state index contributed by atoms with van der Waals surface area (Å²) in [5.74, 6) is -2.16. The Kier molecular flexibility index (Phi) is 5.67. The van der Waals surface area contributed by atoms with Crippen molar-refractivity contribution in [2.24, 2.45) is 0 Å². The van der Waals surface area contributed by atoms with Crippen LogP contribution in [0.1, 0.15) is 33.2 Å². The molecule has 12 heteroatoms. The highest BCUT2D eigenvalue weighted by Gasteiger charge is 2.68. The molecule has 180 valence electrons. The molecule has 35 heavy (non-hydrogen) atoms. The summed E-state index contributed by atoms with van der Waals surface area (Å²) in [5.41, 5.74) is 1.00. The van der Waals surface area contributed by atoms with Crippen LogP contribution in [0.25, 0.3) is 0 Å². The van der Waals surface area contributed by atoms with Crippen LogP contribution in [0.5, 0.6) is 0 Å². The zero-order valence-corrected chi connectivity index (χ0v) is 20.7. The van der Waals surface area contributed by atoms with E-state index in [2.05, 4.69) is 15.9 Å². The van der Waals surface area contributed by atoms with Crippen LogP contribution in [0, 0.1) is 10.1 Å². The number of amides is 3. The number of benzene rings is 2. The molecule has 0 aromatic heterocycles. The third-order valence-corrected chi connectivity index (χ3v) is 9.59. The molecule has 10 nitrogen and oxygen atoms in total. The number of non-ortho nitro benzene ring substituents is 1. The molecule has 2 aromatic carbocycles. The molecular weight excluding hydrogens is 542 g/mol. The number of halogens is 1. The highest BCUT2D eigenvalue weighted by Crippen LogP contribution is 2.54. The van der Waals surface area contributed by atoms with Gasteiger partial charge in [-0.2, -0.15) is 0 Å². The smallest absolute Gasteiger partial charge is 0.330 e. The van der Waals surface area contributed by atoms with E-state index in [-0.39, 0.29) is 23.4 Å². The summed E-state index contributed by atoms with van der Waals surface area (Å²) in [5, 5.41) is 10.6. The van der Waals surface area contributed by atoms with E-state index >= 15 is 0 Å². The number of esters is 1. The lowest BCUT2D eigenvalue weighted by Crippen LogP contribution is -2.71. The molecule has 0 bridgehead atoms. The molecule has 0 spiro atoms. The van der Waals surface area contributed by atoms with E-state index in [1.165, 1.54) is 40.9 Å². The van der Waals surface area contributed by atoms with Gasteiger partial charge >= 0.3 is 5.97 Å². The summed E-state index contributed by atoms with van der Waals surface area (Å²) in [6.45, 7) is 1.69. The predicted octanol–water partition coefficient (Wildman–Crippen LogP) is 2.74. The normalized spacial score (nSPS) is 26.9. The molecule has 0 unspecified atom stereocenters. The molecule has 0 aliphatic carbocycles. The largest absolute Gasteiger partial charge is 0.459 e. The van der Waals surface area contributed by atoms with Gasteiger partial charge in [-0.15, -0.1) is 11.8 Å². The zero-order valence-electron chi connectivity index (χ0n) is 18.3. The number of nitro groups is 1. The van der Waals surface area contributed by atoms with Crippen molar-refractivity contribution < 1.29 is 28.8 Å². The Bertz CT molecular complexity index is 1250. The Balaban J connectivity index is 1.34. The number of hydrogen-bond donors (Lipinski definition) is 0. The number of carbonyl (C=O) groups excluding carboxylic acids is 4. The van der Waals surface area contributed by atoms with Crippen LogP contribution in [0.15, 0.2) is 48.5 Å². The van der Waals surface area contributed by atoms with Crippen molar-refractivity contribution >= 4 is 57.1 Å². The summed E-state index contributed by atoms with van der Waals surface area (Å²) in [6.07, 6.45) is 0. The summed E-state index contributed by atoms with van der Waals surface area (Å²) >= 11 is 4.78. The first kappa shape index (κ1) is 23.5. The van der Waals surface area contributed by atoms with Gasteiger partial charge in [-0.05, 0) is 36.8 Å². The molecular formula is C23H18BrN3O7S. The Labute approximate surface area is 211 Å². The Morgan fingerprint density at radius 1 is 1.11 bits per heavy atom. The SMILES string of the molecule is C[C@@]1(CBr)S[C@@H]2[C@H](N3C(=O)c4ccccc4C3=O)C(=O)N2[C@H]1C(=O)OCc1ccc([N+](=O)[O-])cc1. The Morgan fingerprint density at radius 3 is 2.26 bits per heavy atom. The quantitative estimate of drug-likeness (QED) is 0.132. The average molecular weight is 560 g/mol. The summed E-state index contributed by atoms with van der Waals surface area (Å²) in [7, 11) is 0. The van der Waals surface area contributed by atoms with Crippen LogP contribution >= 0.6 is 27.7 Å². The van der Waals surface area contributed by atoms with Crippen molar-refractivity contribution in [2.45, 2.75) is 35.7 Å². The summed E-state index contributed by atoms with van der Waals surface area (Å²) < 4.78 is 4.72. The van der Waals surface area contributed by atoms with E-state index in [4.69, 9.17) is 4.74 Å². The second-order valence-corrected chi connectivity index (χ2v) is 10.8.